The van der Waals surface area contributed by atoms with E-state index in [1.807, 2.05) is 0 Å². The lowest BCUT2D eigenvalue weighted by molar-refractivity contribution is -0.190. The predicted molar refractivity (Wildman–Crippen MR) is 114 cm³/mol. The molecular weight excluding hydrogens is 374 g/mol. The van der Waals surface area contributed by atoms with E-state index in [2.05, 4.69) is 41.3 Å². The van der Waals surface area contributed by atoms with Gasteiger partial charge in [-0.2, -0.15) is 0 Å². The molecule has 7 rings (SSSR count). The second-order valence-corrected chi connectivity index (χ2v) is 10.3. The molecule has 2 N–H and O–H groups in total. The topological polar surface area (TPSA) is 52.9 Å². The van der Waals surface area contributed by atoms with Crippen LogP contribution < -0.4 is 4.74 Å². The maximum atomic E-state index is 12.5. The van der Waals surface area contributed by atoms with Crippen LogP contribution in [0.1, 0.15) is 54.7 Å². The van der Waals surface area contributed by atoms with E-state index in [0.29, 0.717) is 5.75 Å². The molecule has 3 aliphatic carbocycles. The predicted octanol–water partition coefficient (Wildman–Crippen LogP) is 3.74. The monoisotopic (exact) mass is 403 g/mol. The van der Waals surface area contributed by atoms with Crippen LogP contribution in [-0.4, -0.2) is 45.9 Å². The molecule has 4 heteroatoms. The van der Waals surface area contributed by atoms with Crippen molar-refractivity contribution >= 4 is 0 Å². The molecule has 5 atom stereocenters. The lowest BCUT2D eigenvalue weighted by atomic mass is 9.47. The molecule has 2 aromatic carbocycles. The highest BCUT2D eigenvalue weighted by atomic mass is 16.5. The van der Waals surface area contributed by atoms with Crippen molar-refractivity contribution in [3.63, 3.8) is 0 Å². The lowest BCUT2D eigenvalue weighted by Gasteiger charge is -2.64. The van der Waals surface area contributed by atoms with Gasteiger partial charge in [0.25, 0.3) is 0 Å². The third-order valence-corrected chi connectivity index (χ3v) is 8.99. The number of aliphatic hydroxyl groups is 1. The molecule has 2 heterocycles. The minimum atomic E-state index is -0.790. The van der Waals surface area contributed by atoms with Gasteiger partial charge in [-0.3, -0.25) is 4.90 Å². The number of piperidine rings is 1. The van der Waals surface area contributed by atoms with Gasteiger partial charge >= 0.3 is 0 Å². The Morgan fingerprint density at radius 1 is 1.03 bits per heavy atom. The van der Waals surface area contributed by atoms with E-state index in [-0.39, 0.29) is 23.8 Å². The Kier molecular flexibility index (Phi) is 3.41. The molecule has 2 bridgehead atoms. The molecule has 1 spiro atoms. The molecule has 156 valence electrons. The maximum Gasteiger partial charge on any atom is 0.165 e. The Labute approximate surface area is 177 Å². The number of phenols is 1. The Hall–Kier alpha value is -2.04. The van der Waals surface area contributed by atoms with Crippen molar-refractivity contribution in [2.75, 3.05) is 13.1 Å². The number of likely N-dealkylation sites (tertiary alicyclic amines) is 1. The van der Waals surface area contributed by atoms with Gasteiger partial charge in [-0.1, -0.05) is 36.4 Å². The van der Waals surface area contributed by atoms with E-state index in [9.17, 15) is 10.2 Å². The quantitative estimate of drug-likeness (QED) is 0.820. The second kappa shape index (κ2) is 5.80. The molecule has 0 unspecified atom stereocenters. The molecule has 2 saturated carbocycles. The number of hydrogen-bond acceptors (Lipinski definition) is 4. The summed E-state index contributed by atoms with van der Waals surface area (Å²) in [6.07, 6.45) is 6.04. The minimum absolute atomic E-state index is 0.119. The first-order valence-corrected chi connectivity index (χ1v) is 11.7. The number of ether oxygens (including phenoxy) is 1. The summed E-state index contributed by atoms with van der Waals surface area (Å²) in [4.78, 5) is 2.59. The van der Waals surface area contributed by atoms with Crippen molar-refractivity contribution in [3.8, 4) is 11.5 Å². The number of phenolic OH excluding ortho intramolecular Hbond substituents is 1. The van der Waals surface area contributed by atoms with Gasteiger partial charge in [0.05, 0.1) is 11.0 Å². The van der Waals surface area contributed by atoms with Crippen LogP contribution in [0, 0.1) is 5.92 Å². The molecule has 4 nitrogen and oxygen atoms in total. The highest BCUT2D eigenvalue weighted by Gasteiger charge is 2.72. The first-order chi connectivity index (χ1) is 14.6. The van der Waals surface area contributed by atoms with Crippen molar-refractivity contribution in [3.05, 3.63) is 59.2 Å². The van der Waals surface area contributed by atoms with E-state index in [0.717, 1.165) is 50.3 Å². The number of aromatic hydroxyl groups is 1. The third-order valence-electron chi connectivity index (χ3n) is 8.99. The molecule has 2 aromatic rings. The van der Waals surface area contributed by atoms with Gasteiger partial charge in [-0.15, -0.1) is 0 Å². The Morgan fingerprint density at radius 2 is 1.87 bits per heavy atom. The summed E-state index contributed by atoms with van der Waals surface area (Å²) in [5.41, 5.74) is 2.47. The van der Waals surface area contributed by atoms with E-state index in [4.69, 9.17) is 4.74 Å². The van der Waals surface area contributed by atoms with Gasteiger partial charge in [-0.05, 0) is 68.2 Å². The number of nitrogens with zero attached hydrogens (tertiary/aromatic N) is 1. The lowest BCUT2D eigenvalue weighted by Crippen LogP contribution is -2.76. The fourth-order valence-electron chi connectivity index (χ4n) is 7.52. The van der Waals surface area contributed by atoms with Gasteiger partial charge in [0.2, 0.25) is 0 Å². The third kappa shape index (κ3) is 2.04. The van der Waals surface area contributed by atoms with Crippen LogP contribution in [0.4, 0.5) is 0 Å². The van der Waals surface area contributed by atoms with Gasteiger partial charge in [-0.25, -0.2) is 0 Å². The van der Waals surface area contributed by atoms with E-state index in [1.54, 1.807) is 6.07 Å². The van der Waals surface area contributed by atoms with Gasteiger partial charge in [0, 0.05) is 24.1 Å². The largest absolute Gasteiger partial charge is 0.504 e. The molecule has 5 aliphatic rings. The zero-order valence-electron chi connectivity index (χ0n) is 17.3. The second-order valence-electron chi connectivity index (χ2n) is 10.3. The first-order valence-electron chi connectivity index (χ1n) is 11.7. The van der Waals surface area contributed by atoms with Crippen molar-refractivity contribution in [1.82, 2.24) is 4.90 Å². The summed E-state index contributed by atoms with van der Waals surface area (Å²) in [7, 11) is 0. The van der Waals surface area contributed by atoms with Gasteiger partial charge in [0.15, 0.2) is 11.5 Å². The first kappa shape index (κ1) is 17.6. The summed E-state index contributed by atoms with van der Waals surface area (Å²) in [6.45, 7) is 2.14. The van der Waals surface area contributed by atoms with Crippen LogP contribution in [0.15, 0.2) is 42.5 Å². The number of rotatable bonds is 3. The molecule has 2 aliphatic heterocycles. The zero-order valence-corrected chi connectivity index (χ0v) is 17.3. The molecule has 0 aromatic heterocycles. The molecular formula is C26H29NO3. The fourth-order valence-corrected chi connectivity index (χ4v) is 7.52. The van der Waals surface area contributed by atoms with Crippen LogP contribution in [0.3, 0.4) is 0 Å². The van der Waals surface area contributed by atoms with Crippen molar-refractivity contribution in [2.24, 2.45) is 5.92 Å². The van der Waals surface area contributed by atoms with Crippen molar-refractivity contribution in [1.29, 1.82) is 0 Å². The number of hydrogen-bond donors (Lipinski definition) is 2. The molecule has 0 amide bonds. The average molecular weight is 404 g/mol. The van der Waals surface area contributed by atoms with Crippen LogP contribution in [0.2, 0.25) is 0 Å². The minimum Gasteiger partial charge on any atom is -0.504 e. The van der Waals surface area contributed by atoms with Gasteiger partial charge in [0.1, 0.15) is 6.10 Å². The molecule has 0 radical (unpaired) electrons. The summed E-state index contributed by atoms with van der Waals surface area (Å²) in [6, 6.07) is 14.7. The number of benzene rings is 2. The van der Waals surface area contributed by atoms with Crippen LogP contribution in [0.25, 0.3) is 0 Å². The standard InChI is InChI=1S/C26H29NO3/c28-20-9-8-18-14-21-26(29)11-10-19(17-4-2-1-3-5-17)24-25(26,22(18)23(20)30-24)12-13-27(21)15-16-6-7-16/h1-5,8-9,16,19,21,24,28-29H,6-7,10-15H2/t19-,21+,24-,25-,26+/m0/s1. The van der Waals surface area contributed by atoms with Crippen molar-refractivity contribution in [2.45, 2.75) is 67.6 Å². The maximum absolute atomic E-state index is 12.5. The smallest absolute Gasteiger partial charge is 0.165 e. The van der Waals surface area contributed by atoms with E-state index >= 15 is 0 Å². The normalized spacial score (nSPS) is 38.8. The fraction of sp³-hybridized carbons (Fsp3) is 0.538. The highest BCUT2D eigenvalue weighted by Crippen LogP contribution is 2.67. The Bertz CT molecular complexity index is 1020. The van der Waals surface area contributed by atoms with Crippen molar-refractivity contribution < 1.29 is 14.9 Å². The summed E-state index contributed by atoms with van der Waals surface area (Å²) in [5, 5.41) is 23.2. The Morgan fingerprint density at radius 3 is 2.67 bits per heavy atom. The summed E-state index contributed by atoms with van der Waals surface area (Å²) < 4.78 is 6.64. The van der Waals surface area contributed by atoms with Crippen LogP contribution in [0.5, 0.6) is 11.5 Å². The molecule has 1 saturated heterocycles. The summed E-state index contributed by atoms with van der Waals surface area (Å²) in [5.74, 6) is 1.92. The summed E-state index contributed by atoms with van der Waals surface area (Å²) >= 11 is 0. The Balaban J connectivity index is 1.42. The zero-order chi connectivity index (χ0) is 20.1. The van der Waals surface area contributed by atoms with Crippen LogP contribution >= 0.6 is 0 Å². The highest BCUT2D eigenvalue weighted by molar-refractivity contribution is 5.63. The van der Waals surface area contributed by atoms with E-state index < -0.39 is 11.0 Å². The van der Waals surface area contributed by atoms with Crippen LogP contribution in [-0.2, 0) is 11.8 Å². The van der Waals surface area contributed by atoms with Gasteiger partial charge < -0.3 is 14.9 Å². The van der Waals surface area contributed by atoms with E-state index in [1.165, 1.54) is 24.0 Å². The SMILES string of the molecule is Oc1ccc2c3c1O[C@H]1[C@H](c4ccccc4)CC[C@@]4(O)[C@@H](C2)N(CC2CC2)CC[C@]314. The molecule has 3 fully saturated rings. The molecule has 30 heavy (non-hydrogen) atoms. The average Bonchev–Trinajstić information content (AvgIpc) is 3.50.